The van der Waals surface area contributed by atoms with Gasteiger partial charge in [-0.15, -0.1) is 0 Å². The zero-order valence-corrected chi connectivity index (χ0v) is 14.4. The van der Waals surface area contributed by atoms with Crippen LogP contribution in [-0.2, 0) is 11.2 Å². The lowest BCUT2D eigenvalue weighted by Crippen LogP contribution is -2.14. The number of nitrogens with one attached hydrogen (secondary N) is 2. The number of benzene rings is 2. The molecule has 0 aliphatic carbocycles. The summed E-state index contributed by atoms with van der Waals surface area (Å²) in [6.45, 7) is 1.97. The number of carbonyl (C=O) groups is 1. The Balaban J connectivity index is 1.62. The fourth-order valence-corrected chi connectivity index (χ4v) is 2.40. The number of anilines is 3. The Kier molecular flexibility index (Phi) is 5.40. The summed E-state index contributed by atoms with van der Waals surface area (Å²) in [5.74, 6) is -4.13. The highest BCUT2D eigenvalue weighted by Gasteiger charge is 2.13. The van der Waals surface area contributed by atoms with E-state index in [1.165, 1.54) is 12.3 Å². The second-order valence-corrected chi connectivity index (χ2v) is 5.99. The van der Waals surface area contributed by atoms with Crippen LogP contribution >= 0.6 is 0 Å². The number of pyridine rings is 1. The van der Waals surface area contributed by atoms with Crippen LogP contribution in [0.25, 0.3) is 0 Å². The van der Waals surface area contributed by atoms with Crippen LogP contribution in [0.1, 0.15) is 11.1 Å². The van der Waals surface area contributed by atoms with E-state index >= 15 is 0 Å². The van der Waals surface area contributed by atoms with E-state index in [2.05, 4.69) is 15.6 Å². The van der Waals surface area contributed by atoms with Crippen LogP contribution in [-0.4, -0.2) is 10.9 Å². The lowest BCUT2D eigenvalue weighted by atomic mass is 10.1. The first kappa shape index (κ1) is 18.4. The topological polar surface area (TPSA) is 54.0 Å². The first-order valence-corrected chi connectivity index (χ1v) is 8.14. The van der Waals surface area contributed by atoms with Gasteiger partial charge in [0.1, 0.15) is 5.82 Å². The molecule has 2 aromatic carbocycles. The number of hydrogen-bond donors (Lipinski definition) is 2. The zero-order valence-electron chi connectivity index (χ0n) is 14.4. The van der Waals surface area contributed by atoms with E-state index < -0.39 is 17.5 Å². The standard InChI is InChI=1S/C20H16F3N3O/c1-12-2-4-13(5-3-12)10-18(27)25-14-6-9-17(24-11-14)26-16-8-7-15(21)19(22)20(16)23/h2-9,11H,10H2,1H3,(H,24,26)(H,25,27). The van der Waals surface area contributed by atoms with Crippen molar-refractivity contribution >= 4 is 23.1 Å². The van der Waals surface area contributed by atoms with Gasteiger partial charge in [-0.3, -0.25) is 4.79 Å². The van der Waals surface area contributed by atoms with E-state index in [-0.39, 0.29) is 23.8 Å². The van der Waals surface area contributed by atoms with Gasteiger partial charge in [-0.2, -0.15) is 0 Å². The molecule has 0 saturated heterocycles. The normalized spacial score (nSPS) is 10.5. The van der Waals surface area contributed by atoms with Crippen molar-refractivity contribution in [3.05, 3.63) is 83.3 Å². The molecule has 0 fully saturated rings. The van der Waals surface area contributed by atoms with Gasteiger partial charge in [0.25, 0.3) is 0 Å². The predicted octanol–water partition coefficient (Wildman–Crippen LogP) is 4.73. The quantitative estimate of drug-likeness (QED) is 0.638. The summed E-state index contributed by atoms with van der Waals surface area (Å²) >= 11 is 0. The monoisotopic (exact) mass is 371 g/mol. The molecule has 0 saturated carbocycles. The van der Waals surface area contributed by atoms with Crippen molar-refractivity contribution in [3.63, 3.8) is 0 Å². The molecule has 0 aliphatic rings. The summed E-state index contributed by atoms with van der Waals surface area (Å²) in [7, 11) is 0. The summed E-state index contributed by atoms with van der Waals surface area (Å²) < 4.78 is 39.9. The summed E-state index contributed by atoms with van der Waals surface area (Å²) in [5.41, 5.74) is 2.23. The molecule has 4 nitrogen and oxygen atoms in total. The van der Waals surface area contributed by atoms with Gasteiger partial charge in [0.15, 0.2) is 17.5 Å². The number of amides is 1. The maximum atomic E-state index is 13.7. The van der Waals surface area contributed by atoms with Crippen molar-refractivity contribution in [1.82, 2.24) is 4.98 Å². The Hall–Kier alpha value is -3.35. The van der Waals surface area contributed by atoms with E-state index in [4.69, 9.17) is 0 Å². The molecular weight excluding hydrogens is 355 g/mol. The van der Waals surface area contributed by atoms with Gasteiger partial charge in [0.05, 0.1) is 24.0 Å². The summed E-state index contributed by atoms with van der Waals surface area (Å²) in [5, 5.41) is 5.27. The molecule has 1 amide bonds. The van der Waals surface area contributed by atoms with Crippen LogP contribution in [0.15, 0.2) is 54.7 Å². The molecule has 3 aromatic rings. The lowest BCUT2D eigenvalue weighted by Gasteiger charge is -2.09. The van der Waals surface area contributed by atoms with E-state index in [0.717, 1.165) is 23.3 Å². The van der Waals surface area contributed by atoms with Crippen molar-refractivity contribution in [2.45, 2.75) is 13.3 Å². The Bertz CT molecular complexity index is 957. The number of aryl methyl sites for hydroxylation is 1. The third kappa shape index (κ3) is 4.63. The Morgan fingerprint density at radius 3 is 2.37 bits per heavy atom. The molecule has 2 N–H and O–H groups in total. The predicted molar refractivity (Wildman–Crippen MR) is 97.3 cm³/mol. The fourth-order valence-electron chi connectivity index (χ4n) is 2.40. The molecule has 0 radical (unpaired) electrons. The molecule has 0 unspecified atom stereocenters. The van der Waals surface area contributed by atoms with Gasteiger partial charge in [0, 0.05) is 0 Å². The van der Waals surface area contributed by atoms with E-state index in [1.807, 2.05) is 31.2 Å². The highest BCUT2D eigenvalue weighted by atomic mass is 19.2. The van der Waals surface area contributed by atoms with Gasteiger partial charge >= 0.3 is 0 Å². The first-order chi connectivity index (χ1) is 12.9. The van der Waals surface area contributed by atoms with Crippen LogP contribution in [0.5, 0.6) is 0 Å². The minimum Gasteiger partial charge on any atom is -0.338 e. The van der Waals surface area contributed by atoms with Crippen LogP contribution in [0.2, 0.25) is 0 Å². The summed E-state index contributed by atoms with van der Waals surface area (Å²) in [6.07, 6.45) is 1.60. The number of aromatic nitrogens is 1. The molecule has 0 atom stereocenters. The van der Waals surface area contributed by atoms with Crippen molar-refractivity contribution in [3.8, 4) is 0 Å². The van der Waals surface area contributed by atoms with Crippen molar-refractivity contribution in [2.24, 2.45) is 0 Å². The zero-order chi connectivity index (χ0) is 19.4. The van der Waals surface area contributed by atoms with Gasteiger partial charge in [-0.1, -0.05) is 29.8 Å². The van der Waals surface area contributed by atoms with E-state index in [9.17, 15) is 18.0 Å². The Morgan fingerprint density at radius 2 is 1.70 bits per heavy atom. The van der Waals surface area contributed by atoms with Gasteiger partial charge in [-0.25, -0.2) is 18.2 Å². The number of hydrogen-bond acceptors (Lipinski definition) is 3. The lowest BCUT2D eigenvalue weighted by molar-refractivity contribution is -0.115. The first-order valence-electron chi connectivity index (χ1n) is 8.14. The molecule has 1 heterocycles. The largest absolute Gasteiger partial charge is 0.338 e. The molecule has 1 aromatic heterocycles. The van der Waals surface area contributed by atoms with Crippen molar-refractivity contribution < 1.29 is 18.0 Å². The minimum absolute atomic E-state index is 0.201. The van der Waals surface area contributed by atoms with Crippen molar-refractivity contribution in [1.29, 1.82) is 0 Å². The second kappa shape index (κ2) is 7.90. The van der Waals surface area contributed by atoms with E-state index in [1.54, 1.807) is 6.07 Å². The molecule has 27 heavy (non-hydrogen) atoms. The third-order valence-electron chi connectivity index (χ3n) is 3.83. The van der Waals surface area contributed by atoms with Gasteiger partial charge in [-0.05, 0) is 36.8 Å². The van der Waals surface area contributed by atoms with Gasteiger partial charge < -0.3 is 10.6 Å². The third-order valence-corrected chi connectivity index (χ3v) is 3.83. The fraction of sp³-hybridized carbons (Fsp3) is 0.100. The van der Waals surface area contributed by atoms with Crippen molar-refractivity contribution in [2.75, 3.05) is 10.6 Å². The smallest absolute Gasteiger partial charge is 0.228 e. The molecule has 0 aliphatic heterocycles. The van der Waals surface area contributed by atoms with Crippen LogP contribution in [0, 0.1) is 24.4 Å². The van der Waals surface area contributed by atoms with Crippen LogP contribution < -0.4 is 10.6 Å². The molecule has 138 valence electrons. The molecule has 7 heteroatoms. The molecule has 0 spiro atoms. The number of nitrogens with zero attached hydrogens (tertiary/aromatic N) is 1. The average molecular weight is 371 g/mol. The Labute approximate surface area is 154 Å². The molecular formula is C20H16F3N3O. The minimum atomic E-state index is -1.56. The number of rotatable bonds is 5. The average Bonchev–Trinajstić information content (AvgIpc) is 2.65. The van der Waals surface area contributed by atoms with Gasteiger partial charge in [0.2, 0.25) is 5.91 Å². The number of carbonyl (C=O) groups excluding carboxylic acids is 1. The highest BCUT2D eigenvalue weighted by Crippen LogP contribution is 2.23. The maximum Gasteiger partial charge on any atom is 0.228 e. The maximum absolute atomic E-state index is 13.7. The number of halogens is 3. The van der Waals surface area contributed by atoms with E-state index in [0.29, 0.717) is 5.69 Å². The van der Waals surface area contributed by atoms with Crippen LogP contribution in [0.4, 0.5) is 30.4 Å². The summed E-state index contributed by atoms with van der Waals surface area (Å²) in [4.78, 5) is 16.1. The SMILES string of the molecule is Cc1ccc(CC(=O)Nc2ccc(Nc3ccc(F)c(F)c3F)nc2)cc1. The molecule has 0 bridgehead atoms. The summed E-state index contributed by atoms with van der Waals surface area (Å²) in [6, 6.07) is 12.6. The Morgan fingerprint density at radius 1 is 0.963 bits per heavy atom. The molecule has 3 rings (SSSR count). The van der Waals surface area contributed by atoms with Crippen LogP contribution in [0.3, 0.4) is 0 Å². The highest BCUT2D eigenvalue weighted by molar-refractivity contribution is 5.92. The second-order valence-electron chi connectivity index (χ2n) is 5.99.